The summed E-state index contributed by atoms with van der Waals surface area (Å²) in [5.41, 5.74) is -13.9. The summed E-state index contributed by atoms with van der Waals surface area (Å²) in [6, 6.07) is 0. The summed E-state index contributed by atoms with van der Waals surface area (Å²) in [5.74, 6) is -7.41. The molecule has 6 fully saturated rings. The maximum atomic E-state index is 18.0. The van der Waals surface area contributed by atoms with Crippen LogP contribution in [0.4, 0.5) is 8.78 Å². The van der Waals surface area contributed by atoms with Crippen molar-refractivity contribution < 1.29 is 78.0 Å². The van der Waals surface area contributed by atoms with Gasteiger partial charge in [0.2, 0.25) is 0 Å². The second-order valence-corrected chi connectivity index (χ2v) is 24.5. The molecule has 8 aliphatic rings. The Labute approximate surface area is 443 Å². The lowest BCUT2D eigenvalue weighted by atomic mass is 9.44. The van der Waals surface area contributed by atoms with Crippen LogP contribution in [0, 0.1) is 57.2 Å². The number of nitrogens with zero attached hydrogens (tertiary/aromatic N) is 2. The zero-order valence-electron chi connectivity index (χ0n) is 44.9. The van der Waals surface area contributed by atoms with Crippen molar-refractivity contribution in [2.45, 2.75) is 146 Å². The number of allylic oxidation sites excluding steroid dienone is 8. The summed E-state index contributed by atoms with van der Waals surface area (Å²) >= 11 is 0. The molecule has 0 aromatic carbocycles. The van der Waals surface area contributed by atoms with Crippen LogP contribution in [0.1, 0.15) is 106 Å². The third kappa shape index (κ3) is 8.49. The number of aliphatic imine (C=N–C) groups is 2. The fourth-order valence-corrected chi connectivity index (χ4v) is 16.7. The average molecular weight is 1070 g/mol. The molecule has 8 aliphatic carbocycles. The highest BCUT2D eigenvalue weighted by Gasteiger charge is 2.77. The maximum absolute atomic E-state index is 18.0. The van der Waals surface area contributed by atoms with Crippen LogP contribution in [-0.2, 0) is 33.4 Å². The summed E-state index contributed by atoms with van der Waals surface area (Å²) in [6.07, 6.45) is 6.57. The molecule has 0 unspecified atom stereocenters. The van der Waals surface area contributed by atoms with Gasteiger partial charge in [0.15, 0.2) is 40.1 Å². The largest absolute Gasteiger partial charge is 0.390 e. The molecular formula is C57H79F2N3O14. The van der Waals surface area contributed by atoms with Gasteiger partial charge in [0.25, 0.3) is 5.91 Å². The molecule has 0 heterocycles. The first-order chi connectivity index (χ1) is 35.6. The molecule has 0 bridgehead atoms. The predicted octanol–water partition coefficient (Wildman–Crippen LogP) is 2.98. The number of rotatable bonds is 19. The molecule has 17 nitrogen and oxygen atoms in total. The number of aliphatic hydroxyl groups excluding tert-OH is 4. The van der Waals surface area contributed by atoms with Crippen LogP contribution in [0.25, 0.3) is 0 Å². The van der Waals surface area contributed by atoms with Gasteiger partial charge in [-0.2, -0.15) is 0 Å². The van der Waals surface area contributed by atoms with E-state index in [1.54, 1.807) is 78.0 Å². The van der Waals surface area contributed by atoms with Crippen molar-refractivity contribution >= 4 is 40.5 Å². The molecule has 0 aromatic rings. The SMILES string of the molecule is COCCOCCNC(=O)C(O)(CC(=O)CN=C1C=C[C@@]2(C)C(=C1)CC[C@H]1[C@@H]3C[C@@H](C)[C@](O)(C(=O)CO)[C@@]3(C)C[C@H](O)[C@@]12F)CC(=O)CN=C1C=C[C@@]2(C)C(=C1)CC[C@H]1[C@@H]3C[C@@H](C)[C@](O)(C(=O)CO)[C@@]3(C)C[C@H](O)[C@@]12F. The number of nitrogens with one attached hydrogen (secondary N) is 1. The zero-order valence-corrected chi connectivity index (χ0v) is 44.9. The first-order valence-electron chi connectivity index (χ1n) is 27.0. The first-order valence-corrected chi connectivity index (χ1v) is 27.0. The minimum absolute atomic E-state index is 0.0412. The normalized spacial score (nSPS) is 43.8. The van der Waals surface area contributed by atoms with Crippen molar-refractivity contribution in [3.63, 3.8) is 0 Å². The summed E-state index contributed by atoms with van der Waals surface area (Å²) in [4.78, 5) is 76.1. The number of carbonyl (C=O) groups is 5. The Kier molecular flexibility index (Phi) is 15.7. The van der Waals surface area contributed by atoms with E-state index in [2.05, 4.69) is 15.3 Å². The van der Waals surface area contributed by atoms with Crippen LogP contribution in [0.2, 0.25) is 0 Å². The monoisotopic (exact) mass is 1070 g/mol. The Balaban J connectivity index is 0.949. The number of Topliss-reactive ketones (excluding diaryl/α,β-unsaturated/α-hetero) is 4. The second-order valence-electron chi connectivity index (χ2n) is 24.5. The molecule has 6 saturated carbocycles. The second kappa shape index (κ2) is 20.6. The van der Waals surface area contributed by atoms with Crippen molar-refractivity contribution in [2.75, 3.05) is 59.8 Å². The van der Waals surface area contributed by atoms with Crippen LogP contribution in [-0.4, -0.2) is 176 Å². The Bertz CT molecular complexity index is 2410. The van der Waals surface area contributed by atoms with Crippen LogP contribution in [0.5, 0.6) is 0 Å². The van der Waals surface area contributed by atoms with Gasteiger partial charge in [-0.25, -0.2) is 8.78 Å². The van der Waals surface area contributed by atoms with Crippen LogP contribution < -0.4 is 5.32 Å². The van der Waals surface area contributed by atoms with Crippen LogP contribution in [0.15, 0.2) is 57.6 Å². The number of aliphatic hydroxyl groups is 7. The van der Waals surface area contributed by atoms with Crippen molar-refractivity contribution in [2.24, 2.45) is 67.2 Å². The van der Waals surface area contributed by atoms with Crippen LogP contribution in [0.3, 0.4) is 0 Å². The number of hydrogen-bond acceptors (Lipinski definition) is 16. The molecule has 8 N–H and O–H groups in total. The molecule has 8 rings (SSSR count). The Morgan fingerprint density at radius 2 is 1.12 bits per heavy atom. The summed E-state index contributed by atoms with van der Waals surface area (Å²) < 4.78 is 46.4. The average Bonchev–Trinajstić information content (AvgIpc) is 3.95. The van der Waals surface area contributed by atoms with Gasteiger partial charge in [0.1, 0.15) is 24.4 Å². The van der Waals surface area contributed by atoms with E-state index in [-0.39, 0.29) is 32.6 Å². The molecule has 0 aliphatic heterocycles. The van der Waals surface area contributed by atoms with Gasteiger partial charge in [-0.3, -0.25) is 34.0 Å². The van der Waals surface area contributed by atoms with Gasteiger partial charge in [-0.15, -0.1) is 0 Å². The van der Waals surface area contributed by atoms with E-state index in [1.807, 2.05) is 0 Å². The number of methoxy groups -OCH3 is 1. The first kappa shape index (κ1) is 58.1. The zero-order chi connectivity index (χ0) is 55.8. The van der Waals surface area contributed by atoms with Crippen molar-refractivity contribution in [1.29, 1.82) is 0 Å². The van der Waals surface area contributed by atoms with Gasteiger partial charge in [0, 0.05) is 60.0 Å². The molecule has 0 spiro atoms. The molecule has 1 amide bonds. The molecule has 19 heteroatoms. The molecule has 0 aromatic heterocycles. The highest BCUT2D eigenvalue weighted by atomic mass is 19.1. The van der Waals surface area contributed by atoms with Gasteiger partial charge in [-0.05, 0) is 113 Å². The minimum atomic E-state index is -2.54. The van der Waals surface area contributed by atoms with E-state index in [9.17, 15) is 59.7 Å². The highest BCUT2D eigenvalue weighted by molar-refractivity contribution is 6.08. The number of halogens is 2. The summed E-state index contributed by atoms with van der Waals surface area (Å²) in [5, 5.41) is 81.2. The number of amides is 1. The molecule has 0 radical (unpaired) electrons. The topological polar surface area (TPSA) is 282 Å². The maximum Gasteiger partial charge on any atom is 0.252 e. The molecular weight excluding hydrogens is 989 g/mol. The summed E-state index contributed by atoms with van der Waals surface area (Å²) in [6.45, 7) is 7.98. The van der Waals surface area contributed by atoms with E-state index in [0.717, 1.165) is 0 Å². The number of ether oxygens (including phenoxy) is 2. The number of alkyl halides is 2. The highest BCUT2D eigenvalue weighted by Crippen LogP contribution is 2.72. The predicted molar refractivity (Wildman–Crippen MR) is 274 cm³/mol. The van der Waals surface area contributed by atoms with Gasteiger partial charge < -0.3 is 50.5 Å². The van der Waals surface area contributed by atoms with Gasteiger partial charge >= 0.3 is 0 Å². The third-order valence-corrected chi connectivity index (χ3v) is 20.8. The lowest BCUT2D eigenvalue weighted by Gasteiger charge is -2.62. The molecule has 0 saturated heterocycles. The molecule has 16 atom stereocenters. The number of hydrogen-bond donors (Lipinski definition) is 8. The van der Waals surface area contributed by atoms with E-state index < -0.39 is 166 Å². The van der Waals surface area contributed by atoms with Crippen LogP contribution >= 0.6 is 0 Å². The molecule has 420 valence electrons. The van der Waals surface area contributed by atoms with Crippen molar-refractivity contribution in [1.82, 2.24) is 5.32 Å². The van der Waals surface area contributed by atoms with E-state index in [0.29, 0.717) is 67.7 Å². The number of carbonyl (C=O) groups excluding carboxylic acids is 5. The fourth-order valence-electron chi connectivity index (χ4n) is 16.7. The molecule has 76 heavy (non-hydrogen) atoms. The summed E-state index contributed by atoms with van der Waals surface area (Å²) in [7, 11) is 1.50. The Hall–Kier alpha value is -4.05. The van der Waals surface area contributed by atoms with E-state index >= 15 is 8.78 Å². The standard InChI is InChI=1S/C57H79F2N3O14/c1-32-20-42-40-10-8-34-22-36(12-14-49(34,3)54(40,58)44(67)26-51(42,5)56(32,73)46(69)30-63)61-28-38(65)24-53(72,48(71)60-16-17-76-19-18-75-7)25-39(66)29-62-37-13-15-50(4)35(23-37)9-11-41-43-21-33(2)57(74,47(70)31-64)52(43,6)27-45(68)55(41,50)59/h12-15,22-23,32-33,40-45,63-64,67-68,72-74H,8-11,16-21,24-31H2,1-7H3,(H,60,71)/t32-,33-,40+,41+,42+,43+,44+,45+,49+,50+,51+,52+,53?,54+,55+,56+,57+/m1/s1. The fraction of sp³-hybridized carbons (Fsp3) is 0.737. The van der Waals surface area contributed by atoms with Crippen molar-refractivity contribution in [3.8, 4) is 0 Å². The lowest BCUT2D eigenvalue weighted by Crippen LogP contribution is -2.69. The van der Waals surface area contributed by atoms with Gasteiger partial charge in [0.05, 0.1) is 56.5 Å². The Morgan fingerprint density at radius 3 is 1.51 bits per heavy atom. The van der Waals surface area contributed by atoms with Crippen molar-refractivity contribution in [3.05, 3.63) is 47.6 Å². The van der Waals surface area contributed by atoms with Gasteiger partial charge in [-0.1, -0.05) is 51.0 Å². The Morgan fingerprint density at radius 1 is 0.697 bits per heavy atom. The number of ketones is 4. The number of fused-ring (bicyclic) bond motifs is 10. The smallest absolute Gasteiger partial charge is 0.252 e. The third-order valence-electron chi connectivity index (χ3n) is 20.8. The van der Waals surface area contributed by atoms with E-state index in [4.69, 9.17) is 9.47 Å². The van der Waals surface area contributed by atoms with E-state index in [1.165, 1.54) is 7.11 Å². The lowest BCUT2D eigenvalue weighted by molar-refractivity contribution is -0.219. The minimum Gasteiger partial charge on any atom is -0.390 e. The quantitative estimate of drug-likeness (QED) is 0.0865.